The number of aromatic nitrogens is 3. The van der Waals surface area contributed by atoms with Crippen LogP contribution in [0.5, 0.6) is 0 Å². The fourth-order valence-corrected chi connectivity index (χ4v) is 8.42. The van der Waals surface area contributed by atoms with Crippen molar-refractivity contribution in [3.8, 4) is 39.5 Å². The molecule has 3 aromatic heterocycles. The van der Waals surface area contributed by atoms with Crippen LogP contribution in [0.25, 0.3) is 92.3 Å². The Morgan fingerprint density at radius 2 is 1.06 bits per heavy atom. The van der Waals surface area contributed by atoms with Crippen LogP contribution >= 0.6 is 11.3 Å². The van der Waals surface area contributed by atoms with Crippen molar-refractivity contribution < 1.29 is 0 Å². The zero-order valence-corrected chi connectivity index (χ0v) is 26.7. The molecule has 0 fully saturated rings. The summed E-state index contributed by atoms with van der Waals surface area (Å²) in [5, 5.41) is 6.10. The van der Waals surface area contributed by atoms with Crippen LogP contribution in [0.2, 0.25) is 0 Å². The van der Waals surface area contributed by atoms with Gasteiger partial charge in [0.05, 0.1) is 22.2 Å². The van der Waals surface area contributed by atoms with E-state index >= 15 is 0 Å². The summed E-state index contributed by atoms with van der Waals surface area (Å²) in [4.78, 5) is 10.5. The maximum absolute atomic E-state index is 5.35. The van der Waals surface area contributed by atoms with Crippen LogP contribution in [-0.2, 0) is 0 Å². The molecule has 3 nitrogen and oxygen atoms in total. The second-order valence-corrected chi connectivity index (χ2v) is 13.3. The third-order valence-electron chi connectivity index (χ3n) is 9.43. The number of para-hydroxylation sites is 2. The maximum Gasteiger partial charge on any atom is 0.235 e. The van der Waals surface area contributed by atoms with E-state index in [1.54, 1.807) is 0 Å². The predicted octanol–water partition coefficient (Wildman–Crippen LogP) is 12.1. The van der Waals surface area contributed by atoms with Crippen LogP contribution < -0.4 is 0 Å². The van der Waals surface area contributed by atoms with Gasteiger partial charge in [0.25, 0.3) is 0 Å². The van der Waals surface area contributed by atoms with Crippen LogP contribution in [0.4, 0.5) is 0 Å². The van der Waals surface area contributed by atoms with Crippen molar-refractivity contribution in [3.63, 3.8) is 0 Å². The lowest BCUT2D eigenvalue weighted by Gasteiger charge is -2.12. The molecule has 224 valence electrons. The Kier molecular flexibility index (Phi) is 6.05. The molecule has 0 N–H and O–H groups in total. The minimum atomic E-state index is 0.676. The number of nitrogens with zero attached hydrogens (tertiary/aromatic N) is 3. The molecule has 0 aliphatic heterocycles. The Hall–Kier alpha value is -6.10. The van der Waals surface area contributed by atoms with Crippen molar-refractivity contribution in [3.05, 3.63) is 164 Å². The first-order chi connectivity index (χ1) is 23.8. The minimum absolute atomic E-state index is 0.676. The smallest absolute Gasteiger partial charge is 0.235 e. The second-order valence-electron chi connectivity index (χ2n) is 12.2. The van der Waals surface area contributed by atoms with Gasteiger partial charge in [-0.15, -0.1) is 11.3 Å². The second kappa shape index (κ2) is 10.7. The van der Waals surface area contributed by atoms with Gasteiger partial charge in [0, 0.05) is 41.9 Å². The van der Waals surface area contributed by atoms with Gasteiger partial charge in [-0.3, -0.25) is 4.57 Å². The minimum Gasteiger partial charge on any atom is -0.278 e. The van der Waals surface area contributed by atoms with Crippen LogP contribution in [0.3, 0.4) is 0 Å². The molecular weight excluding hydrogens is 603 g/mol. The number of benzene rings is 7. The first-order valence-electron chi connectivity index (χ1n) is 16.2. The van der Waals surface area contributed by atoms with Gasteiger partial charge < -0.3 is 0 Å². The van der Waals surface area contributed by atoms with Gasteiger partial charge in [0.1, 0.15) is 0 Å². The van der Waals surface area contributed by atoms with Gasteiger partial charge >= 0.3 is 0 Å². The molecule has 0 aliphatic rings. The highest BCUT2D eigenvalue weighted by Crippen LogP contribution is 2.43. The van der Waals surface area contributed by atoms with Gasteiger partial charge in [-0.25, -0.2) is 9.97 Å². The summed E-state index contributed by atoms with van der Waals surface area (Å²) in [6.45, 7) is 0. The lowest BCUT2D eigenvalue weighted by molar-refractivity contribution is 1.01. The third-order valence-corrected chi connectivity index (χ3v) is 10.6. The summed E-state index contributed by atoms with van der Waals surface area (Å²) < 4.78 is 4.85. The number of hydrogen-bond acceptors (Lipinski definition) is 3. The van der Waals surface area contributed by atoms with Crippen molar-refractivity contribution in [1.82, 2.24) is 14.5 Å². The summed E-state index contributed by atoms with van der Waals surface area (Å²) in [7, 11) is 0. The monoisotopic (exact) mass is 629 g/mol. The van der Waals surface area contributed by atoms with Crippen molar-refractivity contribution >= 4 is 64.2 Å². The molecule has 0 atom stereocenters. The fraction of sp³-hybridized carbons (Fsp3) is 0. The zero-order valence-electron chi connectivity index (χ0n) is 25.8. The largest absolute Gasteiger partial charge is 0.278 e. The molecule has 7 aromatic carbocycles. The van der Waals surface area contributed by atoms with E-state index in [0.29, 0.717) is 5.95 Å². The Balaban J connectivity index is 1.15. The first kappa shape index (κ1) is 27.1. The summed E-state index contributed by atoms with van der Waals surface area (Å²) in [6.07, 6.45) is 0. The van der Waals surface area contributed by atoms with E-state index in [9.17, 15) is 0 Å². The molecule has 3 heterocycles. The van der Waals surface area contributed by atoms with E-state index in [1.165, 1.54) is 53.2 Å². The van der Waals surface area contributed by atoms with Gasteiger partial charge in [-0.2, -0.15) is 0 Å². The van der Waals surface area contributed by atoms with Crippen LogP contribution in [0.15, 0.2) is 164 Å². The van der Waals surface area contributed by atoms with Crippen molar-refractivity contribution in [2.45, 2.75) is 0 Å². The standard InChI is InChI=1S/C44H27N3S/c1-2-11-28(12-3-1)31-13-10-14-32(27-31)29-21-23-30(24-22-29)42-35-16-4-7-18-37(35)45-44(46-42)47-38-19-8-5-17-36(38)41-39(47)26-25-34-33-15-6-9-20-40(33)48-43(34)41/h1-27H. The highest BCUT2D eigenvalue weighted by molar-refractivity contribution is 7.26. The molecule has 48 heavy (non-hydrogen) atoms. The van der Waals surface area contributed by atoms with Crippen molar-refractivity contribution in [2.75, 3.05) is 0 Å². The molecule has 10 aromatic rings. The van der Waals surface area contributed by atoms with Gasteiger partial charge in [-0.05, 0) is 52.6 Å². The van der Waals surface area contributed by atoms with Gasteiger partial charge in [0.15, 0.2) is 0 Å². The number of thiophene rings is 1. The fourth-order valence-electron chi connectivity index (χ4n) is 7.16. The van der Waals surface area contributed by atoms with Crippen LogP contribution in [-0.4, -0.2) is 14.5 Å². The van der Waals surface area contributed by atoms with Gasteiger partial charge in [-0.1, -0.05) is 133 Å². The van der Waals surface area contributed by atoms with E-state index in [-0.39, 0.29) is 0 Å². The molecule has 0 saturated carbocycles. The van der Waals surface area contributed by atoms with E-state index in [1.807, 2.05) is 11.3 Å². The molecule has 0 amide bonds. The molecule has 0 bridgehead atoms. The lowest BCUT2D eigenvalue weighted by atomic mass is 9.97. The quantitative estimate of drug-likeness (QED) is 0.194. The average molecular weight is 630 g/mol. The normalized spacial score (nSPS) is 11.8. The molecule has 0 spiro atoms. The highest BCUT2D eigenvalue weighted by atomic mass is 32.1. The van der Waals surface area contributed by atoms with E-state index in [0.717, 1.165) is 33.2 Å². The Morgan fingerprint density at radius 3 is 1.90 bits per heavy atom. The van der Waals surface area contributed by atoms with Crippen molar-refractivity contribution in [1.29, 1.82) is 0 Å². The molecule has 10 rings (SSSR count). The summed E-state index contributed by atoms with van der Waals surface area (Å²) in [5.41, 5.74) is 9.92. The Bertz CT molecular complexity index is 2830. The Labute approximate surface area is 281 Å². The number of rotatable bonds is 4. The van der Waals surface area contributed by atoms with Gasteiger partial charge in [0.2, 0.25) is 5.95 Å². The highest BCUT2D eigenvalue weighted by Gasteiger charge is 2.20. The molecular formula is C44H27N3S. The maximum atomic E-state index is 5.35. The number of fused-ring (bicyclic) bond motifs is 8. The first-order valence-corrected chi connectivity index (χ1v) is 17.0. The molecule has 0 radical (unpaired) electrons. The topological polar surface area (TPSA) is 30.7 Å². The average Bonchev–Trinajstić information content (AvgIpc) is 3.71. The Morgan fingerprint density at radius 1 is 0.417 bits per heavy atom. The van der Waals surface area contributed by atoms with E-state index in [4.69, 9.17) is 9.97 Å². The van der Waals surface area contributed by atoms with Crippen LogP contribution in [0.1, 0.15) is 0 Å². The van der Waals surface area contributed by atoms with E-state index < -0.39 is 0 Å². The lowest BCUT2D eigenvalue weighted by Crippen LogP contribution is -2.03. The van der Waals surface area contributed by atoms with Crippen LogP contribution in [0, 0.1) is 0 Å². The van der Waals surface area contributed by atoms with Crippen molar-refractivity contribution in [2.24, 2.45) is 0 Å². The zero-order chi connectivity index (χ0) is 31.6. The molecule has 0 unspecified atom stereocenters. The predicted molar refractivity (Wildman–Crippen MR) is 203 cm³/mol. The SMILES string of the molecule is c1ccc(-c2cccc(-c3ccc(-c4nc(-n5c6ccccc6c6c7sc8ccccc8c7ccc65)nc5ccccc45)cc3)c2)cc1. The number of hydrogen-bond donors (Lipinski definition) is 0. The summed E-state index contributed by atoms with van der Waals surface area (Å²) >= 11 is 1.86. The third kappa shape index (κ3) is 4.20. The summed E-state index contributed by atoms with van der Waals surface area (Å²) in [6, 6.07) is 58.2. The van der Waals surface area contributed by atoms with E-state index in [2.05, 4.69) is 168 Å². The molecule has 0 aliphatic carbocycles. The molecule has 0 saturated heterocycles. The summed E-state index contributed by atoms with van der Waals surface area (Å²) in [5.74, 6) is 0.676. The molecule has 4 heteroatoms.